The third kappa shape index (κ3) is 4.33. The number of nitrogens with one attached hydrogen (secondary N) is 1. The summed E-state index contributed by atoms with van der Waals surface area (Å²) >= 11 is 0. The minimum absolute atomic E-state index is 0.186. The highest BCUT2D eigenvalue weighted by Crippen LogP contribution is 2.29. The number of amides is 1. The number of carbonyl (C=O) groups is 1. The van der Waals surface area contributed by atoms with E-state index in [-0.39, 0.29) is 5.91 Å². The van der Waals surface area contributed by atoms with Crippen LogP contribution in [0.2, 0.25) is 0 Å². The first kappa shape index (κ1) is 17.4. The van der Waals surface area contributed by atoms with Crippen LogP contribution in [0.5, 0.6) is 0 Å². The lowest BCUT2D eigenvalue weighted by Gasteiger charge is -2.35. The summed E-state index contributed by atoms with van der Waals surface area (Å²) in [5.41, 5.74) is 0.383. The minimum atomic E-state index is -0.186. The fourth-order valence-electron chi connectivity index (χ4n) is 4.01. The maximum Gasteiger partial charge on any atom is 0.273 e. The van der Waals surface area contributed by atoms with Crippen molar-refractivity contribution in [1.82, 2.24) is 25.2 Å². The number of nitrogens with zero attached hydrogens (tertiary/aromatic N) is 4. The Morgan fingerprint density at radius 1 is 1.29 bits per heavy atom. The molecule has 7 nitrogen and oxygen atoms in total. The largest absolute Gasteiger partial charge is 0.383 e. The smallest absolute Gasteiger partial charge is 0.273 e. The molecule has 1 amide bonds. The number of aromatic nitrogens is 3. The van der Waals surface area contributed by atoms with E-state index in [0.717, 1.165) is 12.6 Å². The van der Waals surface area contributed by atoms with E-state index in [0.29, 0.717) is 24.9 Å². The molecule has 0 radical (unpaired) electrons. The van der Waals surface area contributed by atoms with Crippen LogP contribution in [-0.4, -0.2) is 64.7 Å². The Labute approximate surface area is 143 Å². The number of methoxy groups -OCH3 is 1. The van der Waals surface area contributed by atoms with Crippen molar-refractivity contribution in [2.75, 3.05) is 26.8 Å². The van der Waals surface area contributed by atoms with Gasteiger partial charge in [-0.3, -0.25) is 14.4 Å². The summed E-state index contributed by atoms with van der Waals surface area (Å²) in [4.78, 5) is 14.7. The van der Waals surface area contributed by atoms with Gasteiger partial charge in [-0.05, 0) is 32.2 Å². The zero-order chi connectivity index (χ0) is 16.8. The summed E-state index contributed by atoms with van der Waals surface area (Å²) in [6.45, 7) is 3.02. The van der Waals surface area contributed by atoms with Gasteiger partial charge in [-0.1, -0.05) is 24.5 Å². The molecule has 24 heavy (non-hydrogen) atoms. The van der Waals surface area contributed by atoms with Crippen molar-refractivity contribution in [3.63, 3.8) is 0 Å². The first-order valence-electron chi connectivity index (χ1n) is 9.21. The van der Waals surface area contributed by atoms with Gasteiger partial charge < -0.3 is 10.1 Å². The lowest BCUT2D eigenvalue weighted by molar-refractivity contribution is 0.0932. The fraction of sp³-hybridized carbons (Fsp3) is 0.824. The van der Waals surface area contributed by atoms with E-state index in [2.05, 4.69) is 20.5 Å². The third-order valence-corrected chi connectivity index (χ3v) is 5.23. The number of carbonyl (C=O) groups excluding carboxylic acids is 1. The Hall–Kier alpha value is -1.47. The summed E-state index contributed by atoms with van der Waals surface area (Å²) in [6.07, 6.45) is 11.0. The van der Waals surface area contributed by atoms with Gasteiger partial charge in [0.2, 0.25) is 0 Å². The maximum atomic E-state index is 12.0. The quantitative estimate of drug-likeness (QED) is 0.764. The molecule has 1 N–H and O–H groups in total. The van der Waals surface area contributed by atoms with Gasteiger partial charge in [0.25, 0.3) is 5.91 Å². The van der Waals surface area contributed by atoms with Crippen LogP contribution in [0.3, 0.4) is 0 Å². The molecule has 2 heterocycles. The van der Waals surface area contributed by atoms with E-state index in [1.54, 1.807) is 13.3 Å². The van der Waals surface area contributed by atoms with E-state index in [4.69, 9.17) is 4.74 Å². The van der Waals surface area contributed by atoms with Crippen molar-refractivity contribution in [3.05, 3.63) is 11.9 Å². The topological polar surface area (TPSA) is 72.3 Å². The first-order valence-corrected chi connectivity index (χ1v) is 9.21. The Morgan fingerprint density at radius 3 is 2.92 bits per heavy atom. The van der Waals surface area contributed by atoms with Crippen LogP contribution >= 0.6 is 0 Å². The van der Waals surface area contributed by atoms with Crippen molar-refractivity contribution < 1.29 is 9.53 Å². The molecule has 1 saturated heterocycles. The number of rotatable bonds is 7. The van der Waals surface area contributed by atoms with Crippen molar-refractivity contribution in [3.8, 4) is 0 Å². The molecule has 1 saturated carbocycles. The second kappa shape index (κ2) is 8.58. The molecular formula is C17H29N5O2. The highest BCUT2D eigenvalue weighted by Gasteiger charge is 2.31. The molecule has 1 aliphatic carbocycles. The first-order chi connectivity index (χ1) is 11.8. The van der Waals surface area contributed by atoms with Crippen LogP contribution in [0.15, 0.2) is 6.20 Å². The molecule has 134 valence electrons. The summed E-state index contributed by atoms with van der Waals surface area (Å²) in [7, 11) is 1.61. The average Bonchev–Trinajstić information content (AvgIpc) is 3.26. The summed E-state index contributed by atoms with van der Waals surface area (Å²) < 4.78 is 6.76. The molecule has 7 heteroatoms. The third-order valence-electron chi connectivity index (χ3n) is 5.23. The van der Waals surface area contributed by atoms with Crippen LogP contribution in [0.1, 0.15) is 55.4 Å². The van der Waals surface area contributed by atoms with Gasteiger partial charge >= 0.3 is 0 Å². The van der Waals surface area contributed by atoms with Crippen LogP contribution < -0.4 is 5.32 Å². The van der Waals surface area contributed by atoms with Gasteiger partial charge in [0.1, 0.15) is 0 Å². The van der Waals surface area contributed by atoms with Crippen molar-refractivity contribution in [2.24, 2.45) is 0 Å². The SMILES string of the molecule is COCCNC(=O)c1cn(C[C@@H]2CCCN2C2CCCCC2)nn1. The minimum Gasteiger partial charge on any atom is -0.383 e. The Kier molecular flexibility index (Phi) is 6.20. The molecular weight excluding hydrogens is 306 g/mol. The highest BCUT2D eigenvalue weighted by atomic mass is 16.5. The number of likely N-dealkylation sites (tertiary alicyclic amines) is 1. The van der Waals surface area contributed by atoms with E-state index in [9.17, 15) is 4.79 Å². The second-order valence-electron chi connectivity index (χ2n) is 6.90. The fourth-order valence-corrected chi connectivity index (χ4v) is 4.01. The van der Waals surface area contributed by atoms with E-state index < -0.39 is 0 Å². The molecule has 0 unspecified atom stereocenters. The zero-order valence-corrected chi connectivity index (χ0v) is 14.6. The molecule has 1 aromatic heterocycles. The second-order valence-corrected chi connectivity index (χ2v) is 6.90. The molecule has 1 atom stereocenters. The zero-order valence-electron chi connectivity index (χ0n) is 14.6. The molecule has 0 aromatic carbocycles. The molecule has 0 spiro atoms. The normalized spacial score (nSPS) is 22.8. The van der Waals surface area contributed by atoms with Crippen molar-refractivity contribution in [2.45, 2.75) is 63.6 Å². The van der Waals surface area contributed by atoms with E-state index in [1.165, 1.54) is 51.5 Å². The molecule has 1 aliphatic heterocycles. The lowest BCUT2D eigenvalue weighted by Crippen LogP contribution is -2.42. The Morgan fingerprint density at radius 2 is 2.12 bits per heavy atom. The van der Waals surface area contributed by atoms with Crippen LogP contribution in [0.4, 0.5) is 0 Å². The molecule has 0 bridgehead atoms. The molecule has 1 aromatic rings. The van der Waals surface area contributed by atoms with E-state index >= 15 is 0 Å². The summed E-state index contributed by atoms with van der Waals surface area (Å²) in [5.74, 6) is -0.186. The number of hydrogen-bond acceptors (Lipinski definition) is 5. The number of ether oxygens (including phenoxy) is 1. The standard InChI is InChI=1S/C17H29N5O2/c1-24-11-9-18-17(23)16-13-21(20-19-16)12-15-8-5-10-22(15)14-6-3-2-4-7-14/h13-15H,2-12H2,1H3,(H,18,23)/t15-/m0/s1. The predicted octanol–water partition coefficient (Wildman–Crippen LogP) is 1.45. The van der Waals surface area contributed by atoms with Gasteiger partial charge in [-0.15, -0.1) is 5.10 Å². The molecule has 2 aliphatic rings. The van der Waals surface area contributed by atoms with Crippen molar-refractivity contribution in [1.29, 1.82) is 0 Å². The maximum absolute atomic E-state index is 12.0. The highest BCUT2D eigenvalue weighted by molar-refractivity contribution is 5.91. The van der Waals surface area contributed by atoms with Gasteiger partial charge in [0.15, 0.2) is 5.69 Å². The van der Waals surface area contributed by atoms with Gasteiger partial charge in [-0.25, -0.2) is 0 Å². The Balaban J connectivity index is 1.54. The lowest BCUT2D eigenvalue weighted by atomic mass is 9.94. The van der Waals surface area contributed by atoms with Gasteiger partial charge in [-0.2, -0.15) is 0 Å². The Bertz CT molecular complexity index is 527. The van der Waals surface area contributed by atoms with Gasteiger partial charge in [0.05, 0.1) is 19.3 Å². The van der Waals surface area contributed by atoms with Gasteiger partial charge in [0, 0.05) is 25.7 Å². The average molecular weight is 335 g/mol. The summed E-state index contributed by atoms with van der Waals surface area (Å²) in [5, 5.41) is 10.9. The van der Waals surface area contributed by atoms with Crippen LogP contribution in [0, 0.1) is 0 Å². The predicted molar refractivity (Wildman–Crippen MR) is 90.8 cm³/mol. The summed E-state index contributed by atoms with van der Waals surface area (Å²) in [6, 6.07) is 1.27. The van der Waals surface area contributed by atoms with Crippen LogP contribution in [0.25, 0.3) is 0 Å². The van der Waals surface area contributed by atoms with Crippen LogP contribution in [-0.2, 0) is 11.3 Å². The van der Waals surface area contributed by atoms with Crippen molar-refractivity contribution >= 4 is 5.91 Å². The molecule has 2 fully saturated rings. The number of hydrogen-bond donors (Lipinski definition) is 1. The monoisotopic (exact) mass is 335 g/mol. The van der Waals surface area contributed by atoms with E-state index in [1.807, 2.05) is 4.68 Å². The molecule has 3 rings (SSSR count).